The predicted molar refractivity (Wildman–Crippen MR) is 65.8 cm³/mol. The lowest BCUT2D eigenvalue weighted by Crippen LogP contribution is -2.08. The number of aliphatic hydroxyl groups excluding tert-OH is 1. The minimum absolute atomic E-state index is 0.519. The van der Waals surface area contributed by atoms with Gasteiger partial charge in [-0.1, -0.05) is 22.0 Å². The molecule has 0 aliphatic heterocycles. The lowest BCUT2D eigenvalue weighted by atomic mass is 10.1. The van der Waals surface area contributed by atoms with Gasteiger partial charge in [-0.15, -0.1) is 23.2 Å². The van der Waals surface area contributed by atoms with Gasteiger partial charge in [0.2, 0.25) is 0 Å². The molecule has 0 amide bonds. The first-order chi connectivity index (χ1) is 7.06. The number of halogens is 3. The molecule has 0 aliphatic carbocycles. The van der Waals surface area contributed by atoms with Gasteiger partial charge in [0.15, 0.2) is 0 Å². The van der Waals surface area contributed by atoms with Crippen LogP contribution in [0.25, 0.3) is 0 Å². The van der Waals surface area contributed by atoms with Crippen molar-refractivity contribution in [2.75, 3.05) is 6.61 Å². The summed E-state index contributed by atoms with van der Waals surface area (Å²) >= 11 is 14.6. The second kappa shape index (κ2) is 5.94. The number of aliphatic hydroxyl groups is 1. The maximum absolute atomic E-state index is 9.74. The molecule has 0 aliphatic rings. The molecule has 0 saturated carbocycles. The zero-order chi connectivity index (χ0) is 11.4. The van der Waals surface area contributed by atoms with E-state index in [0.717, 1.165) is 4.47 Å². The Morgan fingerprint density at radius 1 is 1.47 bits per heavy atom. The Morgan fingerprint density at radius 3 is 2.67 bits per heavy atom. The molecule has 1 atom stereocenters. The van der Waals surface area contributed by atoms with Crippen molar-refractivity contribution in [2.45, 2.75) is 17.9 Å². The Bertz CT molecular complexity index is 331. The Labute approximate surface area is 107 Å². The molecule has 1 N–H and O–H groups in total. The Hall–Kier alpha value is 0.0400. The molecule has 15 heavy (non-hydrogen) atoms. The van der Waals surface area contributed by atoms with Crippen molar-refractivity contribution < 1.29 is 9.84 Å². The van der Waals surface area contributed by atoms with Crippen LogP contribution < -0.4 is 4.74 Å². The highest BCUT2D eigenvalue weighted by molar-refractivity contribution is 9.10. The Kier molecular flexibility index (Phi) is 5.19. The summed E-state index contributed by atoms with van der Waals surface area (Å²) in [4.78, 5) is -0.870. The number of alkyl halides is 2. The number of hydrogen-bond acceptors (Lipinski definition) is 2. The van der Waals surface area contributed by atoms with E-state index in [9.17, 15) is 5.11 Å². The van der Waals surface area contributed by atoms with Crippen molar-refractivity contribution >= 4 is 39.1 Å². The monoisotopic (exact) mass is 312 g/mol. The van der Waals surface area contributed by atoms with Gasteiger partial charge >= 0.3 is 0 Å². The molecule has 0 radical (unpaired) electrons. The highest BCUT2D eigenvalue weighted by Crippen LogP contribution is 2.33. The molecule has 1 aromatic rings. The molecule has 0 spiro atoms. The van der Waals surface area contributed by atoms with E-state index in [-0.39, 0.29) is 0 Å². The number of hydrogen-bond donors (Lipinski definition) is 1. The van der Waals surface area contributed by atoms with Crippen LogP contribution in [-0.4, -0.2) is 16.5 Å². The fourth-order valence-electron chi connectivity index (χ4n) is 1.17. The molecule has 1 aromatic carbocycles. The fraction of sp³-hybridized carbons (Fsp3) is 0.400. The molecule has 1 rings (SSSR count). The SMILES string of the molecule is CCOc1cc(Br)ccc1C(O)C(Cl)Cl. The van der Waals surface area contributed by atoms with Gasteiger partial charge in [0.05, 0.1) is 6.61 Å². The summed E-state index contributed by atoms with van der Waals surface area (Å²) in [6.45, 7) is 2.39. The number of ether oxygens (including phenoxy) is 1. The third-order valence-corrected chi connectivity index (χ3v) is 2.80. The Morgan fingerprint density at radius 2 is 2.13 bits per heavy atom. The maximum Gasteiger partial charge on any atom is 0.137 e. The van der Waals surface area contributed by atoms with Gasteiger partial charge in [0, 0.05) is 10.0 Å². The first kappa shape index (κ1) is 13.1. The lowest BCUT2D eigenvalue weighted by molar-refractivity contribution is 0.186. The topological polar surface area (TPSA) is 29.5 Å². The van der Waals surface area contributed by atoms with E-state index in [1.807, 2.05) is 6.92 Å². The molecule has 0 saturated heterocycles. The maximum atomic E-state index is 9.74. The van der Waals surface area contributed by atoms with E-state index >= 15 is 0 Å². The van der Waals surface area contributed by atoms with Crippen LogP contribution in [-0.2, 0) is 0 Å². The highest BCUT2D eigenvalue weighted by Gasteiger charge is 2.20. The van der Waals surface area contributed by atoms with E-state index in [1.165, 1.54) is 0 Å². The van der Waals surface area contributed by atoms with Gasteiger partial charge in [0.1, 0.15) is 16.7 Å². The van der Waals surface area contributed by atoms with Crippen LogP contribution in [0.1, 0.15) is 18.6 Å². The molecule has 0 heterocycles. The first-order valence-electron chi connectivity index (χ1n) is 4.44. The average Bonchev–Trinajstić information content (AvgIpc) is 2.17. The molecule has 0 fully saturated rings. The number of rotatable bonds is 4. The second-order valence-electron chi connectivity index (χ2n) is 2.89. The normalized spacial score (nSPS) is 12.9. The predicted octanol–water partition coefficient (Wildman–Crippen LogP) is 3.68. The molecule has 84 valence electrons. The molecular weight excluding hydrogens is 303 g/mol. The average molecular weight is 314 g/mol. The summed E-state index contributed by atoms with van der Waals surface area (Å²) in [5.74, 6) is 0.589. The third-order valence-electron chi connectivity index (χ3n) is 1.83. The van der Waals surface area contributed by atoms with Gasteiger partial charge < -0.3 is 9.84 Å². The summed E-state index contributed by atoms with van der Waals surface area (Å²) in [5, 5.41) is 9.74. The van der Waals surface area contributed by atoms with E-state index in [0.29, 0.717) is 17.9 Å². The van der Waals surface area contributed by atoms with Crippen LogP contribution in [0, 0.1) is 0 Å². The summed E-state index contributed by atoms with van der Waals surface area (Å²) in [7, 11) is 0. The zero-order valence-corrected chi connectivity index (χ0v) is 11.2. The van der Waals surface area contributed by atoms with Crippen molar-refractivity contribution in [3.8, 4) is 5.75 Å². The largest absolute Gasteiger partial charge is 0.493 e. The molecule has 2 nitrogen and oxygen atoms in total. The zero-order valence-electron chi connectivity index (χ0n) is 8.08. The molecule has 5 heteroatoms. The fourth-order valence-corrected chi connectivity index (χ4v) is 1.78. The quantitative estimate of drug-likeness (QED) is 0.859. The van der Waals surface area contributed by atoms with Crippen LogP contribution in [0.15, 0.2) is 22.7 Å². The molecule has 0 bridgehead atoms. The van der Waals surface area contributed by atoms with E-state index in [4.69, 9.17) is 27.9 Å². The van der Waals surface area contributed by atoms with Gasteiger partial charge in [-0.05, 0) is 19.1 Å². The van der Waals surface area contributed by atoms with Crippen molar-refractivity contribution in [3.63, 3.8) is 0 Å². The van der Waals surface area contributed by atoms with Crippen molar-refractivity contribution in [3.05, 3.63) is 28.2 Å². The summed E-state index contributed by atoms with van der Waals surface area (Å²) in [6, 6.07) is 5.31. The van der Waals surface area contributed by atoms with Crippen LogP contribution in [0.3, 0.4) is 0 Å². The minimum Gasteiger partial charge on any atom is -0.493 e. The van der Waals surface area contributed by atoms with Gasteiger partial charge in [-0.25, -0.2) is 0 Å². The summed E-state index contributed by atoms with van der Waals surface area (Å²) < 4.78 is 6.26. The second-order valence-corrected chi connectivity index (χ2v) is 4.97. The van der Waals surface area contributed by atoms with Crippen LogP contribution >= 0.6 is 39.1 Å². The standard InChI is InChI=1S/C10H11BrCl2O2/c1-2-15-8-5-6(11)3-4-7(8)9(14)10(12)13/h3-5,9-10,14H,2H2,1H3. The van der Waals surface area contributed by atoms with Gasteiger partial charge in [0.25, 0.3) is 0 Å². The van der Waals surface area contributed by atoms with E-state index < -0.39 is 10.9 Å². The van der Waals surface area contributed by atoms with E-state index in [2.05, 4.69) is 15.9 Å². The minimum atomic E-state index is -0.942. The van der Waals surface area contributed by atoms with Gasteiger partial charge in [-0.2, -0.15) is 0 Å². The third kappa shape index (κ3) is 3.52. The molecular formula is C10H11BrCl2O2. The lowest BCUT2D eigenvalue weighted by Gasteiger charge is -2.16. The summed E-state index contributed by atoms with van der Waals surface area (Å²) in [6.07, 6.45) is -0.942. The highest BCUT2D eigenvalue weighted by atomic mass is 79.9. The van der Waals surface area contributed by atoms with Crippen molar-refractivity contribution in [2.24, 2.45) is 0 Å². The number of benzene rings is 1. The molecule has 0 aromatic heterocycles. The Balaban J connectivity index is 3.04. The van der Waals surface area contributed by atoms with Crippen LogP contribution in [0.5, 0.6) is 5.75 Å². The van der Waals surface area contributed by atoms with Crippen molar-refractivity contribution in [1.29, 1.82) is 0 Å². The van der Waals surface area contributed by atoms with Gasteiger partial charge in [-0.3, -0.25) is 0 Å². The summed E-state index contributed by atoms with van der Waals surface area (Å²) in [5.41, 5.74) is 0.593. The van der Waals surface area contributed by atoms with E-state index in [1.54, 1.807) is 18.2 Å². The van der Waals surface area contributed by atoms with Crippen LogP contribution in [0.4, 0.5) is 0 Å². The van der Waals surface area contributed by atoms with Crippen molar-refractivity contribution in [1.82, 2.24) is 0 Å². The smallest absolute Gasteiger partial charge is 0.137 e. The van der Waals surface area contributed by atoms with Crippen LogP contribution in [0.2, 0.25) is 0 Å². The first-order valence-corrected chi connectivity index (χ1v) is 6.11. The molecule has 1 unspecified atom stereocenters.